The van der Waals surface area contributed by atoms with E-state index in [4.69, 9.17) is 11.6 Å². The Morgan fingerprint density at radius 1 is 1.15 bits per heavy atom. The van der Waals surface area contributed by atoms with Crippen molar-refractivity contribution in [2.24, 2.45) is 0 Å². The van der Waals surface area contributed by atoms with E-state index in [1.807, 2.05) is 6.07 Å². The maximum atomic E-state index is 12.0. The van der Waals surface area contributed by atoms with E-state index in [0.717, 1.165) is 13.1 Å². The van der Waals surface area contributed by atoms with Crippen molar-refractivity contribution in [2.75, 3.05) is 42.7 Å². The Morgan fingerprint density at radius 2 is 1.80 bits per heavy atom. The van der Waals surface area contributed by atoms with E-state index in [-0.39, 0.29) is 11.6 Å². The van der Waals surface area contributed by atoms with Crippen LogP contribution in [0.15, 0.2) is 18.2 Å². The summed E-state index contributed by atoms with van der Waals surface area (Å²) in [4.78, 5) is 2.26. The second kappa shape index (κ2) is 6.33. The van der Waals surface area contributed by atoms with Gasteiger partial charge in [0.25, 0.3) is 0 Å². The van der Waals surface area contributed by atoms with Crippen LogP contribution >= 0.6 is 11.6 Å². The first-order valence-electron chi connectivity index (χ1n) is 6.80. The molecule has 1 aliphatic heterocycles. The summed E-state index contributed by atoms with van der Waals surface area (Å²) in [5.41, 5.74) is 3.74. The summed E-state index contributed by atoms with van der Waals surface area (Å²) in [6.07, 6.45) is 0. The third-order valence-corrected chi connectivity index (χ3v) is 6.17. The molecule has 1 heterocycles. The number of halogens is 1. The Bertz CT molecular complexity index is 567. The first-order valence-corrected chi connectivity index (χ1v) is 8.95. The SMILES string of the molecule is Cc1cccc(N2CCN(S(=O)(=O)CCCl)CC2)c1C. The van der Waals surface area contributed by atoms with Gasteiger partial charge in [-0.2, -0.15) is 4.31 Å². The predicted molar refractivity (Wildman–Crippen MR) is 84.2 cm³/mol. The number of aryl methyl sites for hydroxylation is 1. The Morgan fingerprint density at radius 3 is 2.40 bits per heavy atom. The van der Waals surface area contributed by atoms with E-state index in [9.17, 15) is 8.42 Å². The van der Waals surface area contributed by atoms with Crippen LogP contribution < -0.4 is 4.90 Å². The molecule has 0 N–H and O–H groups in total. The van der Waals surface area contributed by atoms with Crippen molar-refractivity contribution in [3.8, 4) is 0 Å². The molecule has 1 aromatic rings. The van der Waals surface area contributed by atoms with E-state index < -0.39 is 10.0 Å². The first-order chi connectivity index (χ1) is 9.45. The van der Waals surface area contributed by atoms with Crippen LogP contribution in [-0.2, 0) is 10.0 Å². The number of hydrogen-bond acceptors (Lipinski definition) is 3. The summed E-state index contributed by atoms with van der Waals surface area (Å²) in [6, 6.07) is 6.25. The topological polar surface area (TPSA) is 40.6 Å². The quantitative estimate of drug-likeness (QED) is 0.798. The highest BCUT2D eigenvalue weighted by atomic mass is 35.5. The second-order valence-electron chi connectivity index (χ2n) is 5.11. The molecule has 0 amide bonds. The number of piperazine rings is 1. The Labute approximate surface area is 126 Å². The molecule has 20 heavy (non-hydrogen) atoms. The van der Waals surface area contributed by atoms with Gasteiger partial charge in [0.2, 0.25) is 10.0 Å². The van der Waals surface area contributed by atoms with Crippen molar-refractivity contribution in [1.82, 2.24) is 4.31 Å². The van der Waals surface area contributed by atoms with Gasteiger partial charge in [0, 0.05) is 37.7 Å². The lowest BCUT2D eigenvalue weighted by Gasteiger charge is -2.36. The molecule has 1 fully saturated rings. The fraction of sp³-hybridized carbons (Fsp3) is 0.571. The molecule has 2 rings (SSSR count). The standard InChI is InChI=1S/C14H21ClN2O2S/c1-12-4-3-5-14(13(12)2)16-7-9-17(10-8-16)20(18,19)11-6-15/h3-5H,6-11H2,1-2H3. The molecule has 4 nitrogen and oxygen atoms in total. The number of benzene rings is 1. The fourth-order valence-electron chi connectivity index (χ4n) is 2.51. The van der Waals surface area contributed by atoms with Gasteiger partial charge in [0.15, 0.2) is 0 Å². The van der Waals surface area contributed by atoms with Gasteiger partial charge in [-0.1, -0.05) is 12.1 Å². The van der Waals surface area contributed by atoms with Crippen molar-refractivity contribution in [3.05, 3.63) is 29.3 Å². The first kappa shape index (κ1) is 15.6. The molecule has 6 heteroatoms. The highest BCUT2D eigenvalue weighted by molar-refractivity contribution is 7.89. The zero-order chi connectivity index (χ0) is 14.8. The molecular formula is C14H21ClN2O2S. The van der Waals surface area contributed by atoms with Crippen molar-refractivity contribution in [2.45, 2.75) is 13.8 Å². The van der Waals surface area contributed by atoms with Gasteiger partial charge in [0.05, 0.1) is 5.75 Å². The van der Waals surface area contributed by atoms with Crippen LogP contribution in [0.25, 0.3) is 0 Å². The van der Waals surface area contributed by atoms with Crippen LogP contribution in [0.5, 0.6) is 0 Å². The third kappa shape index (κ3) is 3.27. The number of rotatable bonds is 4. The number of nitrogens with zero attached hydrogens (tertiary/aromatic N) is 2. The van der Waals surface area contributed by atoms with Gasteiger partial charge in [-0.05, 0) is 31.0 Å². The van der Waals surface area contributed by atoms with Gasteiger partial charge in [-0.15, -0.1) is 11.6 Å². The van der Waals surface area contributed by atoms with Crippen LogP contribution in [0.4, 0.5) is 5.69 Å². The molecule has 0 unspecified atom stereocenters. The molecule has 0 spiro atoms. The van der Waals surface area contributed by atoms with Crippen molar-refractivity contribution in [1.29, 1.82) is 0 Å². The molecule has 112 valence electrons. The Kier molecular flexibility index (Phi) is 4.94. The molecule has 0 aliphatic carbocycles. The lowest BCUT2D eigenvalue weighted by Crippen LogP contribution is -2.49. The zero-order valence-electron chi connectivity index (χ0n) is 12.0. The summed E-state index contributed by atoms with van der Waals surface area (Å²) in [5, 5.41) is 0. The van der Waals surface area contributed by atoms with Crippen LogP contribution in [0.3, 0.4) is 0 Å². The maximum absolute atomic E-state index is 12.0. The Hall–Kier alpha value is -0.780. The maximum Gasteiger partial charge on any atom is 0.215 e. The summed E-state index contributed by atoms with van der Waals surface area (Å²) in [6.45, 7) is 6.73. The normalized spacial score (nSPS) is 17.4. The number of hydrogen-bond donors (Lipinski definition) is 0. The van der Waals surface area contributed by atoms with Crippen LogP contribution in [-0.4, -0.2) is 50.5 Å². The smallest absolute Gasteiger partial charge is 0.215 e. The molecule has 0 saturated carbocycles. The van der Waals surface area contributed by atoms with E-state index in [0.29, 0.717) is 13.1 Å². The van der Waals surface area contributed by atoms with Gasteiger partial charge in [0.1, 0.15) is 0 Å². The summed E-state index contributed by atoms with van der Waals surface area (Å²) in [7, 11) is -3.18. The van der Waals surface area contributed by atoms with Crippen LogP contribution in [0.2, 0.25) is 0 Å². The molecular weight excluding hydrogens is 296 g/mol. The number of anilines is 1. The molecule has 0 radical (unpaired) electrons. The molecule has 0 bridgehead atoms. The predicted octanol–water partition coefficient (Wildman–Crippen LogP) is 1.99. The average Bonchev–Trinajstić information content (AvgIpc) is 2.42. The minimum Gasteiger partial charge on any atom is -0.369 e. The second-order valence-corrected chi connectivity index (χ2v) is 7.58. The van der Waals surface area contributed by atoms with Gasteiger partial charge >= 0.3 is 0 Å². The van der Waals surface area contributed by atoms with Crippen molar-refractivity contribution < 1.29 is 8.42 Å². The van der Waals surface area contributed by atoms with Gasteiger partial charge in [-0.25, -0.2) is 8.42 Å². The Balaban J connectivity index is 2.07. The minimum absolute atomic E-state index is 0.0258. The highest BCUT2D eigenvalue weighted by Crippen LogP contribution is 2.24. The summed E-state index contributed by atoms with van der Waals surface area (Å²) < 4.78 is 25.5. The van der Waals surface area contributed by atoms with Crippen molar-refractivity contribution in [3.63, 3.8) is 0 Å². The lowest BCUT2D eigenvalue weighted by molar-refractivity contribution is 0.385. The van der Waals surface area contributed by atoms with E-state index in [2.05, 4.69) is 30.9 Å². The summed E-state index contributed by atoms with van der Waals surface area (Å²) in [5.74, 6) is 0.178. The monoisotopic (exact) mass is 316 g/mol. The molecule has 0 atom stereocenters. The summed E-state index contributed by atoms with van der Waals surface area (Å²) >= 11 is 5.55. The van der Waals surface area contributed by atoms with Gasteiger partial charge in [-0.3, -0.25) is 0 Å². The largest absolute Gasteiger partial charge is 0.369 e. The van der Waals surface area contributed by atoms with E-state index >= 15 is 0 Å². The fourth-order valence-corrected chi connectivity index (χ4v) is 4.27. The van der Waals surface area contributed by atoms with E-state index in [1.54, 1.807) is 4.31 Å². The van der Waals surface area contributed by atoms with Gasteiger partial charge < -0.3 is 4.90 Å². The van der Waals surface area contributed by atoms with Crippen molar-refractivity contribution >= 4 is 27.3 Å². The molecule has 1 saturated heterocycles. The third-order valence-electron chi connectivity index (χ3n) is 3.88. The molecule has 1 aliphatic rings. The number of alkyl halides is 1. The van der Waals surface area contributed by atoms with Crippen LogP contribution in [0.1, 0.15) is 11.1 Å². The number of sulfonamides is 1. The molecule has 0 aromatic heterocycles. The van der Waals surface area contributed by atoms with Crippen LogP contribution in [0, 0.1) is 13.8 Å². The molecule has 1 aromatic carbocycles. The highest BCUT2D eigenvalue weighted by Gasteiger charge is 2.26. The zero-order valence-corrected chi connectivity index (χ0v) is 13.5. The lowest BCUT2D eigenvalue weighted by atomic mass is 10.1. The minimum atomic E-state index is -3.18. The van der Waals surface area contributed by atoms with E-state index in [1.165, 1.54) is 16.8 Å². The average molecular weight is 317 g/mol.